The Balaban J connectivity index is 0.00000233. The third-order valence-electron chi connectivity index (χ3n) is 4.55. The fourth-order valence-corrected chi connectivity index (χ4v) is 5.38. The summed E-state index contributed by atoms with van der Waals surface area (Å²) in [7, 11) is -0.894. The van der Waals surface area contributed by atoms with E-state index in [1.54, 1.807) is 29.6 Å². The van der Waals surface area contributed by atoms with Crippen LogP contribution < -0.4 is 4.31 Å². The van der Waals surface area contributed by atoms with E-state index in [0.29, 0.717) is 30.9 Å². The standard InChI is InChI=1S/C18H28N3O4PS3.CH4O/c1-19(12-6-14-26(22)23)11-5-13-21(28)29(24,25)18-10-4-7-15-16(18)8-3-9-17(15)20(2)27;1-2/h3-4,7-10,22-23,27-28H,5-6,11-14H2,1-2H3;2H,1H3. The van der Waals surface area contributed by atoms with E-state index in [4.69, 9.17) is 14.9 Å². The van der Waals surface area contributed by atoms with Gasteiger partial charge in [0.15, 0.2) is 8.38 Å². The summed E-state index contributed by atoms with van der Waals surface area (Å²) in [6.07, 6.45) is 1.69. The molecule has 2 aromatic rings. The Bertz CT molecular complexity index is 916. The van der Waals surface area contributed by atoms with Gasteiger partial charge in [-0.1, -0.05) is 49.9 Å². The Morgan fingerprint density at radius 2 is 1.48 bits per heavy atom. The molecule has 0 radical (unpaired) electrons. The molecule has 12 heteroatoms. The van der Waals surface area contributed by atoms with Crippen LogP contribution in [-0.2, 0) is 10.0 Å². The number of hydrogen-bond acceptors (Lipinski definition) is 9. The van der Waals surface area contributed by atoms with Crippen LogP contribution in [-0.4, -0.2) is 78.9 Å². The number of thiol groups is 2. The van der Waals surface area contributed by atoms with Crippen molar-refractivity contribution in [2.75, 3.05) is 51.3 Å². The third kappa shape index (κ3) is 8.34. The highest BCUT2D eigenvalue weighted by Gasteiger charge is 2.24. The first-order valence-electron chi connectivity index (χ1n) is 9.59. The molecule has 2 rings (SSSR count). The summed E-state index contributed by atoms with van der Waals surface area (Å²) in [6.45, 7) is 1.68. The van der Waals surface area contributed by atoms with Crippen molar-refractivity contribution < 1.29 is 23.3 Å². The van der Waals surface area contributed by atoms with E-state index < -0.39 is 18.4 Å². The lowest BCUT2D eigenvalue weighted by Gasteiger charge is -2.21. The van der Waals surface area contributed by atoms with Gasteiger partial charge in [0.2, 0.25) is 0 Å². The summed E-state index contributed by atoms with van der Waals surface area (Å²) in [6, 6.07) is 10.7. The van der Waals surface area contributed by atoms with Crippen molar-refractivity contribution >= 4 is 60.5 Å². The lowest BCUT2D eigenvalue weighted by molar-refractivity contribution is 0.323. The van der Waals surface area contributed by atoms with E-state index >= 15 is 0 Å². The number of nitrogens with zero attached hydrogens (tertiary/aromatic N) is 3. The van der Waals surface area contributed by atoms with Gasteiger partial charge in [0, 0.05) is 37.6 Å². The van der Waals surface area contributed by atoms with Gasteiger partial charge in [-0.15, -0.1) is 3.71 Å². The molecule has 0 aliphatic carbocycles. The second-order valence-electron chi connectivity index (χ2n) is 6.81. The SMILES string of the molecule is CN(CCCN(S)S(=O)(=O)c1cccc2c(N(C)S)cccc12)CCCP(O)O.CO. The van der Waals surface area contributed by atoms with Gasteiger partial charge < -0.3 is 24.1 Å². The van der Waals surface area contributed by atoms with Gasteiger partial charge in [-0.05, 0) is 45.1 Å². The van der Waals surface area contributed by atoms with Crippen molar-refractivity contribution in [2.45, 2.75) is 17.7 Å². The molecule has 8 nitrogen and oxygen atoms in total. The molecule has 0 saturated heterocycles. The van der Waals surface area contributed by atoms with Crippen LogP contribution in [0.4, 0.5) is 5.69 Å². The average molecular weight is 510 g/mol. The first kappa shape index (κ1) is 28.4. The van der Waals surface area contributed by atoms with Crippen LogP contribution in [0.25, 0.3) is 10.8 Å². The fourth-order valence-electron chi connectivity index (χ4n) is 3.08. The summed E-state index contributed by atoms with van der Waals surface area (Å²) in [4.78, 5) is 20.2. The lowest BCUT2D eigenvalue weighted by Crippen LogP contribution is -2.28. The number of benzene rings is 2. The highest BCUT2D eigenvalue weighted by molar-refractivity contribution is 8.00. The Kier molecular flexibility index (Phi) is 12.7. The molecule has 0 bridgehead atoms. The molecule has 2 aromatic carbocycles. The molecule has 31 heavy (non-hydrogen) atoms. The molecule has 0 fully saturated rings. The molecule has 3 N–H and O–H groups in total. The van der Waals surface area contributed by atoms with Gasteiger partial charge in [0.05, 0.1) is 10.6 Å². The number of rotatable bonds is 11. The molecular formula is C19H32N3O5PS3. The molecule has 0 unspecified atom stereocenters. The van der Waals surface area contributed by atoms with Gasteiger partial charge in [0.1, 0.15) is 0 Å². The maximum Gasteiger partial charge on any atom is 0.252 e. The second kappa shape index (κ2) is 13.8. The average Bonchev–Trinajstić information content (AvgIpc) is 2.73. The molecule has 0 aliphatic heterocycles. The van der Waals surface area contributed by atoms with Crippen LogP contribution in [0.3, 0.4) is 0 Å². The van der Waals surface area contributed by atoms with Crippen molar-refractivity contribution in [2.24, 2.45) is 0 Å². The highest BCUT2D eigenvalue weighted by Crippen LogP contribution is 2.33. The molecule has 0 atom stereocenters. The van der Waals surface area contributed by atoms with Crippen molar-refractivity contribution in [3.05, 3.63) is 36.4 Å². The minimum absolute atomic E-state index is 0.217. The molecular weight excluding hydrogens is 477 g/mol. The number of anilines is 1. The van der Waals surface area contributed by atoms with E-state index in [-0.39, 0.29) is 11.4 Å². The van der Waals surface area contributed by atoms with Crippen LogP contribution in [0.2, 0.25) is 0 Å². The predicted octanol–water partition coefficient (Wildman–Crippen LogP) is 2.57. The Morgan fingerprint density at radius 1 is 0.903 bits per heavy atom. The molecule has 0 saturated carbocycles. The van der Waals surface area contributed by atoms with Gasteiger partial charge in [0.25, 0.3) is 10.0 Å². The van der Waals surface area contributed by atoms with Crippen LogP contribution >= 0.6 is 34.0 Å². The molecule has 0 spiro atoms. The monoisotopic (exact) mass is 509 g/mol. The minimum atomic E-state index is -3.76. The van der Waals surface area contributed by atoms with Gasteiger partial charge in [-0.3, -0.25) is 0 Å². The Hall–Kier alpha value is -0.620. The first-order chi connectivity index (χ1) is 14.6. The number of aliphatic hydroxyl groups excluding tert-OH is 1. The van der Waals surface area contributed by atoms with Gasteiger partial charge in [-0.2, -0.15) is 0 Å². The zero-order valence-electron chi connectivity index (χ0n) is 18.0. The smallest absolute Gasteiger partial charge is 0.252 e. The summed E-state index contributed by atoms with van der Waals surface area (Å²) in [5.74, 6) is 0. The number of sulfonamides is 1. The molecule has 0 heterocycles. The van der Waals surface area contributed by atoms with E-state index in [9.17, 15) is 8.42 Å². The number of fused-ring (bicyclic) bond motifs is 1. The Morgan fingerprint density at radius 3 is 2.10 bits per heavy atom. The second-order valence-corrected chi connectivity index (χ2v) is 11.2. The van der Waals surface area contributed by atoms with E-state index in [1.165, 1.54) is 0 Å². The van der Waals surface area contributed by atoms with E-state index in [1.807, 2.05) is 30.1 Å². The molecule has 0 aromatic heterocycles. The summed E-state index contributed by atoms with van der Waals surface area (Å²) in [5, 5.41) is 8.44. The maximum absolute atomic E-state index is 13.1. The minimum Gasteiger partial charge on any atom is -0.400 e. The van der Waals surface area contributed by atoms with Crippen molar-refractivity contribution in [3.8, 4) is 0 Å². The zero-order chi connectivity index (χ0) is 23.6. The molecule has 0 amide bonds. The van der Waals surface area contributed by atoms with Crippen LogP contribution in [0.15, 0.2) is 41.3 Å². The summed E-state index contributed by atoms with van der Waals surface area (Å²) in [5.41, 5.74) is 0.824. The van der Waals surface area contributed by atoms with Crippen molar-refractivity contribution in [3.63, 3.8) is 0 Å². The normalized spacial score (nSPS) is 11.8. The summed E-state index contributed by atoms with van der Waals surface area (Å²) < 4.78 is 28.9. The van der Waals surface area contributed by atoms with Crippen LogP contribution in [0.5, 0.6) is 0 Å². The summed E-state index contributed by atoms with van der Waals surface area (Å²) >= 11 is 8.59. The van der Waals surface area contributed by atoms with Crippen molar-refractivity contribution in [1.82, 2.24) is 8.61 Å². The largest absolute Gasteiger partial charge is 0.400 e. The first-order valence-corrected chi connectivity index (χ1v) is 13.3. The van der Waals surface area contributed by atoms with Crippen LogP contribution in [0.1, 0.15) is 12.8 Å². The lowest BCUT2D eigenvalue weighted by atomic mass is 10.1. The van der Waals surface area contributed by atoms with Gasteiger partial charge >= 0.3 is 0 Å². The molecule has 0 aliphatic rings. The number of aliphatic hydroxyl groups is 1. The quantitative estimate of drug-likeness (QED) is 0.234. The van der Waals surface area contributed by atoms with Crippen LogP contribution in [0, 0.1) is 0 Å². The fraction of sp³-hybridized carbons (Fsp3) is 0.474. The molecule has 176 valence electrons. The topological polar surface area (TPSA) is 105 Å². The highest BCUT2D eigenvalue weighted by atomic mass is 32.3. The third-order valence-corrected chi connectivity index (χ3v) is 7.98. The van der Waals surface area contributed by atoms with Crippen molar-refractivity contribution in [1.29, 1.82) is 0 Å². The number of hydrogen-bond donors (Lipinski definition) is 5. The van der Waals surface area contributed by atoms with E-state index in [0.717, 1.165) is 28.4 Å². The van der Waals surface area contributed by atoms with Gasteiger partial charge in [-0.25, -0.2) is 8.42 Å². The maximum atomic E-state index is 13.1. The Labute approximate surface area is 197 Å². The zero-order valence-corrected chi connectivity index (χ0v) is 21.5. The van der Waals surface area contributed by atoms with E-state index in [2.05, 4.69) is 25.6 Å². The predicted molar refractivity (Wildman–Crippen MR) is 135 cm³/mol.